The Morgan fingerprint density at radius 2 is 2.00 bits per heavy atom. The Labute approximate surface area is 164 Å². The summed E-state index contributed by atoms with van der Waals surface area (Å²) < 4.78 is 10.8. The van der Waals surface area contributed by atoms with E-state index < -0.39 is 6.10 Å². The molecule has 2 aromatic rings. The van der Waals surface area contributed by atoms with Crippen molar-refractivity contribution in [1.82, 2.24) is 15.1 Å². The van der Waals surface area contributed by atoms with Crippen molar-refractivity contribution < 1.29 is 19.4 Å². The lowest BCUT2D eigenvalue weighted by molar-refractivity contribution is -0.0231. The zero-order valence-electron chi connectivity index (χ0n) is 16.1. The molecule has 2 heterocycles. The number of H-pyrrole nitrogens is 1. The van der Waals surface area contributed by atoms with Crippen LogP contribution in [-0.4, -0.2) is 65.1 Å². The van der Waals surface area contributed by atoms with Crippen molar-refractivity contribution in [3.8, 4) is 5.75 Å². The third kappa shape index (κ3) is 4.20. The smallest absolute Gasteiger partial charge is 0.337 e. The molecule has 0 bridgehead atoms. The molecule has 4 rings (SSSR count). The molecule has 1 aliphatic heterocycles. The van der Waals surface area contributed by atoms with Crippen molar-refractivity contribution in [3.05, 3.63) is 47.8 Å². The van der Waals surface area contributed by atoms with Gasteiger partial charge in [0.1, 0.15) is 11.9 Å². The molecule has 1 aliphatic carbocycles. The maximum absolute atomic E-state index is 11.5. The van der Waals surface area contributed by atoms with Crippen LogP contribution in [0.3, 0.4) is 0 Å². The fourth-order valence-corrected chi connectivity index (χ4v) is 4.46. The molecule has 2 fully saturated rings. The van der Waals surface area contributed by atoms with Crippen LogP contribution in [0.25, 0.3) is 0 Å². The lowest BCUT2D eigenvalue weighted by Crippen LogP contribution is -2.42. The molecule has 1 saturated carbocycles. The van der Waals surface area contributed by atoms with Gasteiger partial charge in [-0.05, 0) is 60.9 Å². The van der Waals surface area contributed by atoms with Crippen molar-refractivity contribution in [2.45, 2.75) is 31.5 Å². The summed E-state index contributed by atoms with van der Waals surface area (Å²) in [5, 5.41) is 17.5. The number of benzene rings is 1. The van der Waals surface area contributed by atoms with Gasteiger partial charge in [-0.15, -0.1) is 0 Å². The molecule has 7 nitrogen and oxygen atoms in total. The Hall–Kier alpha value is -2.38. The first-order chi connectivity index (χ1) is 13.6. The average molecular weight is 385 g/mol. The number of carbonyl (C=O) groups is 1. The van der Waals surface area contributed by atoms with Gasteiger partial charge in [0.2, 0.25) is 0 Å². The van der Waals surface area contributed by atoms with E-state index in [1.54, 1.807) is 24.3 Å². The van der Waals surface area contributed by atoms with Crippen LogP contribution < -0.4 is 4.74 Å². The van der Waals surface area contributed by atoms with E-state index in [0.29, 0.717) is 23.1 Å². The number of aliphatic hydroxyl groups excluding tert-OH is 1. The van der Waals surface area contributed by atoms with Crippen molar-refractivity contribution in [2.75, 3.05) is 26.7 Å². The van der Waals surface area contributed by atoms with Crippen molar-refractivity contribution >= 4 is 5.97 Å². The zero-order chi connectivity index (χ0) is 19.5. The van der Waals surface area contributed by atoms with E-state index in [0.717, 1.165) is 38.9 Å². The molecule has 0 amide bonds. The van der Waals surface area contributed by atoms with Crippen molar-refractivity contribution in [2.24, 2.45) is 11.8 Å². The van der Waals surface area contributed by atoms with Crippen LogP contribution in [-0.2, 0) is 11.2 Å². The van der Waals surface area contributed by atoms with E-state index in [9.17, 15) is 9.90 Å². The second-order valence-corrected chi connectivity index (χ2v) is 7.85. The first kappa shape index (κ1) is 19.0. The minimum absolute atomic E-state index is 0.209. The summed E-state index contributed by atoms with van der Waals surface area (Å²) in [4.78, 5) is 14.0. The van der Waals surface area contributed by atoms with Gasteiger partial charge in [-0.25, -0.2) is 4.79 Å². The number of esters is 1. The number of hydrogen-bond donors (Lipinski definition) is 2. The minimum atomic E-state index is -0.463. The van der Waals surface area contributed by atoms with Gasteiger partial charge in [0, 0.05) is 25.8 Å². The normalized spacial score (nSPS) is 27.4. The highest BCUT2D eigenvalue weighted by Crippen LogP contribution is 2.38. The summed E-state index contributed by atoms with van der Waals surface area (Å²) >= 11 is 0. The van der Waals surface area contributed by atoms with Crippen molar-refractivity contribution in [1.29, 1.82) is 0 Å². The van der Waals surface area contributed by atoms with Gasteiger partial charge in [0.25, 0.3) is 0 Å². The predicted octanol–water partition coefficient (Wildman–Crippen LogP) is 1.89. The first-order valence-corrected chi connectivity index (χ1v) is 9.85. The summed E-state index contributed by atoms with van der Waals surface area (Å²) in [6.45, 7) is 3.11. The monoisotopic (exact) mass is 385 g/mol. The van der Waals surface area contributed by atoms with E-state index in [2.05, 4.69) is 15.1 Å². The number of nitrogens with one attached hydrogen (secondary N) is 1. The van der Waals surface area contributed by atoms with E-state index in [1.165, 1.54) is 12.7 Å². The fourth-order valence-electron chi connectivity index (χ4n) is 4.46. The Bertz CT molecular complexity index is 777. The lowest BCUT2D eigenvalue weighted by atomic mass is 9.78. The van der Waals surface area contributed by atoms with E-state index in [-0.39, 0.29) is 12.1 Å². The number of aromatic nitrogens is 2. The standard InChI is InChI=1S/C21H27N3O4/c1-27-21(26)15-2-4-18(5-3-15)28-20-9-17-13-24(12-16(17)8-19(20)25)7-6-14-10-22-23-11-14/h2-5,10-11,16-17,19-20,25H,6-9,12-13H2,1H3,(H,22,23)/t16-,17+,19+,20+/m0/s1. The zero-order valence-corrected chi connectivity index (χ0v) is 16.1. The maximum atomic E-state index is 11.5. The number of aromatic amines is 1. The van der Waals surface area contributed by atoms with Crippen molar-refractivity contribution in [3.63, 3.8) is 0 Å². The van der Waals surface area contributed by atoms with Crippen LogP contribution in [0, 0.1) is 11.8 Å². The number of rotatable bonds is 6. The van der Waals surface area contributed by atoms with Gasteiger partial charge < -0.3 is 19.5 Å². The van der Waals surface area contributed by atoms with Gasteiger partial charge >= 0.3 is 5.97 Å². The van der Waals surface area contributed by atoms with Gasteiger partial charge in [0.15, 0.2) is 0 Å². The number of aliphatic hydroxyl groups is 1. The molecule has 0 spiro atoms. The number of ether oxygens (including phenoxy) is 2. The number of carbonyl (C=O) groups excluding carboxylic acids is 1. The second kappa shape index (κ2) is 8.32. The molecule has 150 valence electrons. The molecular weight excluding hydrogens is 358 g/mol. The van der Waals surface area contributed by atoms with Gasteiger partial charge in [-0.2, -0.15) is 5.10 Å². The average Bonchev–Trinajstić information content (AvgIpc) is 3.36. The molecule has 1 aromatic carbocycles. The van der Waals surface area contributed by atoms with E-state index >= 15 is 0 Å². The summed E-state index contributed by atoms with van der Waals surface area (Å²) in [6.07, 6.45) is 5.77. The third-order valence-corrected chi connectivity index (χ3v) is 5.99. The van der Waals surface area contributed by atoms with Crippen LogP contribution in [0.1, 0.15) is 28.8 Å². The molecule has 0 unspecified atom stereocenters. The largest absolute Gasteiger partial charge is 0.488 e. The van der Waals surface area contributed by atoms with E-state index in [4.69, 9.17) is 9.47 Å². The SMILES string of the molecule is COC(=O)c1ccc(O[C@@H]2C[C@@H]3CN(CCc4cn[nH]c4)C[C@@H]3C[C@H]2O)cc1. The Balaban J connectivity index is 1.32. The predicted molar refractivity (Wildman–Crippen MR) is 103 cm³/mol. The Kier molecular flexibility index (Phi) is 5.64. The molecule has 1 saturated heterocycles. The molecule has 2 N–H and O–H groups in total. The summed E-state index contributed by atoms with van der Waals surface area (Å²) in [7, 11) is 1.36. The minimum Gasteiger partial charge on any atom is -0.488 e. The highest BCUT2D eigenvalue weighted by atomic mass is 16.5. The first-order valence-electron chi connectivity index (χ1n) is 9.85. The Morgan fingerprint density at radius 1 is 1.25 bits per heavy atom. The van der Waals surface area contributed by atoms with Crippen LogP contribution in [0.15, 0.2) is 36.7 Å². The van der Waals surface area contributed by atoms with Crippen LogP contribution in [0.2, 0.25) is 0 Å². The van der Waals surface area contributed by atoms with Crippen LogP contribution >= 0.6 is 0 Å². The van der Waals surface area contributed by atoms with Gasteiger partial charge in [-0.3, -0.25) is 5.10 Å². The third-order valence-electron chi connectivity index (χ3n) is 5.99. The number of nitrogens with zero attached hydrogens (tertiary/aromatic N) is 2. The van der Waals surface area contributed by atoms with E-state index in [1.807, 2.05) is 12.4 Å². The fraction of sp³-hybridized carbons (Fsp3) is 0.524. The molecule has 2 aliphatic rings. The van der Waals surface area contributed by atoms with Gasteiger partial charge in [0.05, 0.1) is 25.0 Å². The summed E-state index contributed by atoms with van der Waals surface area (Å²) in [5.41, 5.74) is 1.72. The Morgan fingerprint density at radius 3 is 2.68 bits per heavy atom. The van der Waals surface area contributed by atoms with Crippen LogP contribution in [0.4, 0.5) is 0 Å². The molecule has 0 radical (unpaired) electrons. The lowest BCUT2D eigenvalue weighted by Gasteiger charge is -2.35. The highest BCUT2D eigenvalue weighted by molar-refractivity contribution is 5.89. The number of fused-ring (bicyclic) bond motifs is 1. The molecule has 7 heteroatoms. The number of likely N-dealkylation sites (tertiary alicyclic amines) is 1. The summed E-state index contributed by atoms with van der Waals surface area (Å²) in [6, 6.07) is 6.90. The molecular formula is C21H27N3O4. The maximum Gasteiger partial charge on any atom is 0.337 e. The molecule has 28 heavy (non-hydrogen) atoms. The number of methoxy groups -OCH3 is 1. The highest BCUT2D eigenvalue weighted by Gasteiger charge is 2.42. The topological polar surface area (TPSA) is 87.7 Å². The second-order valence-electron chi connectivity index (χ2n) is 7.85. The molecule has 4 atom stereocenters. The molecule has 1 aromatic heterocycles. The quantitative estimate of drug-likeness (QED) is 0.739. The van der Waals surface area contributed by atoms with Gasteiger partial charge in [-0.1, -0.05) is 0 Å². The number of hydrogen-bond acceptors (Lipinski definition) is 6. The summed E-state index contributed by atoms with van der Waals surface area (Å²) in [5.74, 6) is 1.38. The van der Waals surface area contributed by atoms with Crippen LogP contribution in [0.5, 0.6) is 5.75 Å².